The van der Waals surface area contributed by atoms with E-state index in [2.05, 4.69) is 25.1 Å². The van der Waals surface area contributed by atoms with Gasteiger partial charge < -0.3 is 10.5 Å². The minimum atomic E-state index is -0.885. The molecule has 10 heteroatoms. The number of ether oxygens (including phenoxy) is 1. The number of nitrogen functional groups attached to an aromatic ring is 1. The second kappa shape index (κ2) is 7.01. The SMILES string of the molecule is CC(Oc1ccc(-c2ccc(F)c(Cl)c2F)c2ncnc(N)c12)c1ncn[nH]1. The molecule has 7 nitrogen and oxygen atoms in total. The zero-order valence-corrected chi connectivity index (χ0v) is 15.2. The Bertz CT molecular complexity index is 1170. The van der Waals surface area contributed by atoms with Crippen LogP contribution in [0.5, 0.6) is 5.75 Å². The van der Waals surface area contributed by atoms with Gasteiger partial charge in [-0.25, -0.2) is 23.7 Å². The summed E-state index contributed by atoms with van der Waals surface area (Å²) in [7, 11) is 0. The normalized spacial score (nSPS) is 12.3. The van der Waals surface area contributed by atoms with Gasteiger partial charge in [-0.05, 0) is 31.2 Å². The van der Waals surface area contributed by atoms with Crippen LogP contribution >= 0.6 is 11.6 Å². The standard InChI is InChI=1S/C18H13ClF2N6O/c1-8(18-25-7-26-27-18)28-12-5-3-10(16-13(12)17(22)24-6-23-16)9-2-4-11(20)14(19)15(9)21/h2-8H,1H3,(H2,22,23,24)(H,25,26,27). The minimum absolute atomic E-state index is 0.0873. The van der Waals surface area contributed by atoms with Crippen molar-refractivity contribution < 1.29 is 13.5 Å². The molecule has 0 aliphatic heterocycles. The first kappa shape index (κ1) is 18.1. The van der Waals surface area contributed by atoms with E-state index in [0.29, 0.717) is 28.0 Å². The highest BCUT2D eigenvalue weighted by Gasteiger charge is 2.20. The van der Waals surface area contributed by atoms with Crippen molar-refractivity contribution in [2.24, 2.45) is 0 Å². The Labute approximate surface area is 162 Å². The molecule has 0 spiro atoms. The number of nitrogens with one attached hydrogen (secondary N) is 1. The molecule has 0 aliphatic carbocycles. The number of aromatic amines is 1. The lowest BCUT2D eigenvalue weighted by atomic mass is 10.0. The van der Waals surface area contributed by atoms with Crippen LogP contribution in [0.2, 0.25) is 5.02 Å². The molecular weight excluding hydrogens is 390 g/mol. The van der Waals surface area contributed by atoms with E-state index in [-0.39, 0.29) is 11.4 Å². The molecule has 2 aromatic carbocycles. The quantitative estimate of drug-likeness (QED) is 0.499. The summed E-state index contributed by atoms with van der Waals surface area (Å²) in [6.07, 6.45) is 2.16. The number of halogens is 3. The number of benzene rings is 2. The summed E-state index contributed by atoms with van der Waals surface area (Å²) >= 11 is 5.72. The summed E-state index contributed by atoms with van der Waals surface area (Å²) in [5.74, 6) is -0.676. The van der Waals surface area contributed by atoms with Crippen molar-refractivity contribution in [1.82, 2.24) is 25.1 Å². The van der Waals surface area contributed by atoms with Crippen LogP contribution in [0.4, 0.5) is 14.6 Å². The van der Waals surface area contributed by atoms with Crippen molar-refractivity contribution in [1.29, 1.82) is 0 Å². The average Bonchev–Trinajstić information content (AvgIpc) is 3.22. The first-order chi connectivity index (χ1) is 13.5. The molecule has 2 aromatic heterocycles. The van der Waals surface area contributed by atoms with Crippen LogP contribution in [0.15, 0.2) is 36.9 Å². The summed E-state index contributed by atoms with van der Waals surface area (Å²) in [5.41, 5.74) is 6.85. The molecule has 0 fully saturated rings. The third-order valence-corrected chi connectivity index (χ3v) is 4.57. The lowest BCUT2D eigenvalue weighted by Gasteiger charge is -2.16. The fourth-order valence-corrected chi connectivity index (χ4v) is 3.04. The van der Waals surface area contributed by atoms with Gasteiger partial charge in [0.2, 0.25) is 0 Å². The van der Waals surface area contributed by atoms with Crippen LogP contribution in [0.25, 0.3) is 22.0 Å². The van der Waals surface area contributed by atoms with Gasteiger partial charge in [-0.2, -0.15) is 5.10 Å². The third kappa shape index (κ3) is 2.99. The fourth-order valence-electron chi connectivity index (χ4n) is 2.87. The number of hydrogen-bond donors (Lipinski definition) is 2. The monoisotopic (exact) mass is 402 g/mol. The zero-order chi connectivity index (χ0) is 19.8. The van der Waals surface area contributed by atoms with Gasteiger partial charge in [0.15, 0.2) is 17.7 Å². The van der Waals surface area contributed by atoms with Gasteiger partial charge >= 0.3 is 0 Å². The van der Waals surface area contributed by atoms with Crippen LogP contribution in [-0.4, -0.2) is 25.1 Å². The average molecular weight is 403 g/mol. The van der Waals surface area contributed by atoms with Gasteiger partial charge in [-0.1, -0.05) is 11.6 Å². The Morgan fingerprint density at radius 2 is 1.86 bits per heavy atom. The van der Waals surface area contributed by atoms with Crippen LogP contribution < -0.4 is 10.5 Å². The second-order valence-corrected chi connectivity index (χ2v) is 6.33. The Hall–Kier alpha value is -3.33. The van der Waals surface area contributed by atoms with Crippen molar-refractivity contribution in [2.45, 2.75) is 13.0 Å². The Kier molecular flexibility index (Phi) is 4.52. The summed E-state index contributed by atoms with van der Waals surface area (Å²) in [5, 5.41) is 6.32. The van der Waals surface area contributed by atoms with Crippen LogP contribution in [-0.2, 0) is 0 Å². The van der Waals surface area contributed by atoms with E-state index >= 15 is 0 Å². The molecule has 4 rings (SSSR count). The molecule has 0 amide bonds. The predicted octanol–water partition coefficient (Wildman–Crippen LogP) is 4.07. The summed E-state index contributed by atoms with van der Waals surface area (Å²) < 4.78 is 34.1. The van der Waals surface area contributed by atoms with Crippen molar-refractivity contribution in [3.8, 4) is 16.9 Å². The molecule has 0 radical (unpaired) electrons. The third-order valence-electron chi connectivity index (χ3n) is 4.23. The predicted molar refractivity (Wildman–Crippen MR) is 99.7 cm³/mol. The largest absolute Gasteiger partial charge is 0.482 e. The first-order valence-electron chi connectivity index (χ1n) is 8.16. The highest BCUT2D eigenvalue weighted by Crippen LogP contribution is 2.39. The van der Waals surface area contributed by atoms with E-state index in [4.69, 9.17) is 22.1 Å². The fraction of sp³-hybridized carbons (Fsp3) is 0.111. The van der Waals surface area contributed by atoms with Gasteiger partial charge in [-0.15, -0.1) is 0 Å². The molecule has 0 saturated carbocycles. The molecule has 0 aliphatic rings. The van der Waals surface area contributed by atoms with Crippen LogP contribution in [0.3, 0.4) is 0 Å². The van der Waals surface area contributed by atoms with Crippen LogP contribution in [0.1, 0.15) is 18.9 Å². The topological polar surface area (TPSA) is 103 Å². The number of H-pyrrole nitrogens is 1. The van der Waals surface area contributed by atoms with Crippen molar-refractivity contribution in [3.63, 3.8) is 0 Å². The number of aromatic nitrogens is 5. The molecule has 142 valence electrons. The molecule has 28 heavy (non-hydrogen) atoms. The number of rotatable bonds is 4. The van der Waals surface area contributed by atoms with Crippen molar-refractivity contribution in [3.05, 3.63) is 59.4 Å². The maximum absolute atomic E-state index is 14.6. The lowest BCUT2D eigenvalue weighted by molar-refractivity contribution is 0.220. The Morgan fingerprint density at radius 3 is 2.61 bits per heavy atom. The number of nitrogens with zero attached hydrogens (tertiary/aromatic N) is 4. The van der Waals surface area contributed by atoms with E-state index in [1.54, 1.807) is 19.1 Å². The minimum Gasteiger partial charge on any atom is -0.482 e. The highest BCUT2D eigenvalue weighted by molar-refractivity contribution is 6.31. The maximum atomic E-state index is 14.6. The molecule has 2 heterocycles. The van der Waals surface area contributed by atoms with Crippen molar-refractivity contribution >= 4 is 28.3 Å². The number of hydrogen-bond acceptors (Lipinski definition) is 6. The summed E-state index contributed by atoms with van der Waals surface area (Å²) in [6.45, 7) is 1.78. The Balaban J connectivity index is 1.88. The van der Waals surface area contributed by atoms with Gasteiger partial charge in [0.25, 0.3) is 0 Å². The molecule has 4 aromatic rings. The molecule has 1 unspecified atom stereocenters. The zero-order valence-electron chi connectivity index (χ0n) is 14.4. The molecule has 1 atom stereocenters. The van der Waals surface area contributed by atoms with E-state index in [0.717, 1.165) is 6.07 Å². The Morgan fingerprint density at radius 1 is 1.07 bits per heavy atom. The molecule has 3 N–H and O–H groups in total. The van der Waals surface area contributed by atoms with E-state index in [1.807, 2.05) is 0 Å². The van der Waals surface area contributed by atoms with Gasteiger partial charge in [0.05, 0.1) is 10.9 Å². The molecule has 0 saturated heterocycles. The summed E-state index contributed by atoms with van der Waals surface area (Å²) in [6, 6.07) is 5.60. The number of nitrogens with two attached hydrogens (primary N) is 1. The van der Waals surface area contributed by atoms with E-state index in [1.165, 1.54) is 18.7 Å². The van der Waals surface area contributed by atoms with E-state index in [9.17, 15) is 8.78 Å². The van der Waals surface area contributed by atoms with Gasteiger partial charge in [0, 0.05) is 11.1 Å². The maximum Gasteiger partial charge on any atom is 0.165 e. The molecule has 0 bridgehead atoms. The van der Waals surface area contributed by atoms with Crippen LogP contribution in [0, 0.1) is 11.6 Å². The number of anilines is 1. The number of fused-ring (bicyclic) bond motifs is 1. The molecular formula is C18H13ClF2N6O. The van der Waals surface area contributed by atoms with Crippen molar-refractivity contribution in [2.75, 3.05) is 5.73 Å². The highest BCUT2D eigenvalue weighted by atomic mass is 35.5. The van der Waals surface area contributed by atoms with Gasteiger partial charge in [0.1, 0.15) is 35.1 Å². The summed E-state index contributed by atoms with van der Waals surface area (Å²) in [4.78, 5) is 12.3. The second-order valence-electron chi connectivity index (χ2n) is 5.95. The smallest absolute Gasteiger partial charge is 0.165 e. The van der Waals surface area contributed by atoms with Gasteiger partial charge in [-0.3, -0.25) is 5.10 Å². The lowest BCUT2D eigenvalue weighted by Crippen LogP contribution is -2.07. The first-order valence-corrected chi connectivity index (χ1v) is 8.54. The van der Waals surface area contributed by atoms with E-state index < -0.39 is 22.8 Å².